The molecule has 0 radical (unpaired) electrons. The molecular weight excluding hydrogens is 440 g/mol. The van der Waals surface area contributed by atoms with E-state index in [1.165, 1.54) is 0 Å². The number of nitrogens with zero attached hydrogens (tertiary/aromatic N) is 2. The summed E-state index contributed by atoms with van der Waals surface area (Å²) in [7, 11) is 0. The van der Waals surface area contributed by atoms with Crippen LogP contribution in [-0.2, 0) is 19.1 Å². The molecule has 6 nitrogen and oxygen atoms in total. The molecule has 2 saturated heterocycles. The predicted octanol–water partition coefficient (Wildman–Crippen LogP) is 4.40. The maximum atomic E-state index is 13.7. The molecule has 1 unspecified atom stereocenters. The molecule has 0 aromatic heterocycles. The van der Waals surface area contributed by atoms with E-state index >= 15 is 0 Å². The molecule has 0 aliphatic carbocycles. The van der Waals surface area contributed by atoms with E-state index in [2.05, 4.69) is 0 Å². The molecule has 6 heteroatoms. The van der Waals surface area contributed by atoms with Gasteiger partial charge in [0.05, 0.1) is 30.9 Å². The van der Waals surface area contributed by atoms with E-state index < -0.39 is 24.2 Å². The first-order chi connectivity index (χ1) is 17.2. The van der Waals surface area contributed by atoms with Crippen LogP contribution in [0.4, 0.5) is 0 Å². The van der Waals surface area contributed by atoms with E-state index in [0.717, 1.165) is 16.7 Å². The average molecular weight is 469 g/mol. The highest BCUT2D eigenvalue weighted by Gasteiger charge is 2.52. The zero-order valence-corrected chi connectivity index (χ0v) is 19.6. The van der Waals surface area contributed by atoms with Crippen LogP contribution in [0.25, 0.3) is 0 Å². The minimum atomic E-state index is -0.945. The van der Waals surface area contributed by atoms with E-state index in [-0.39, 0.29) is 18.6 Å². The second kappa shape index (κ2) is 10.2. The number of carbonyl (C=O) groups is 2. The maximum Gasteiger partial charge on any atom is 0.331 e. The van der Waals surface area contributed by atoms with Crippen LogP contribution in [0.2, 0.25) is 0 Å². The Kier molecular flexibility index (Phi) is 6.73. The van der Waals surface area contributed by atoms with Crippen molar-refractivity contribution in [2.75, 3.05) is 13.2 Å². The molecule has 0 saturated carbocycles. The summed E-state index contributed by atoms with van der Waals surface area (Å²) in [5, 5.41) is 0. The summed E-state index contributed by atoms with van der Waals surface area (Å²) >= 11 is 0. The molecule has 2 aliphatic heterocycles. The fourth-order valence-corrected chi connectivity index (χ4v) is 4.94. The van der Waals surface area contributed by atoms with Crippen molar-refractivity contribution in [2.45, 2.75) is 31.7 Å². The fourth-order valence-electron chi connectivity index (χ4n) is 4.94. The van der Waals surface area contributed by atoms with E-state index in [1.807, 2.05) is 91.0 Å². The first kappa shape index (κ1) is 23.0. The third kappa shape index (κ3) is 4.62. The summed E-state index contributed by atoms with van der Waals surface area (Å²) in [6.07, 6.45) is 0.0414. The van der Waals surface area contributed by atoms with Crippen molar-refractivity contribution in [2.24, 2.45) is 10.9 Å². The van der Waals surface area contributed by atoms with Crippen molar-refractivity contribution in [1.29, 1.82) is 0 Å². The minimum absolute atomic E-state index is 0.0956. The van der Waals surface area contributed by atoms with Crippen molar-refractivity contribution in [1.82, 2.24) is 4.90 Å². The number of benzene rings is 3. The van der Waals surface area contributed by atoms with Gasteiger partial charge in [0, 0.05) is 16.7 Å². The second-order valence-electron chi connectivity index (χ2n) is 8.74. The van der Waals surface area contributed by atoms with Gasteiger partial charge >= 0.3 is 5.97 Å². The predicted molar refractivity (Wildman–Crippen MR) is 133 cm³/mol. The van der Waals surface area contributed by atoms with Gasteiger partial charge in [-0.3, -0.25) is 9.79 Å². The van der Waals surface area contributed by atoms with Gasteiger partial charge in [0.25, 0.3) is 0 Å². The first-order valence-corrected chi connectivity index (χ1v) is 12.0. The number of carbonyl (C=O) groups excluding carboxylic acids is 2. The normalized spacial score (nSPS) is 21.9. The van der Waals surface area contributed by atoms with Crippen LogP contribution >= 0.6 is 0 Å². The standard InChI is InChI=1S/C29H28N2O4/c1-2-34-29(33)26(30-25(20-12-6-3-7-13-20)21-14-8-4-9-15-21)24-18-23-19-35-28(31(23)27(24)32)22-16-10-5-11-17-22/h3-17,23-24,26,28H,2,18-19H2,1H3/t23-,24+,26?,28+/m0/s1. The largest absolute Gasteiger partial charge is 0.464 e. The van der Waals surface area contributed by atoms with Crippen molar-refractivity contribution < 1.29 is 19.1 Å². The minimum Gasteiger partial charge on any atom is -0.464 e. The van der Waals surface area contributed by atoms with E-state index in [1.54, 1.807) is 11.8 Å². The highest BCUT2D eigenvalue weighted by atomic mass is 16.5. The maximum absolute atomic E-state index is 13.7. The van der Waals surface area contributed by atoms with Crippen LogP contribution in [-0.4, -0.2) is 47.8 Å². The lowest BCUT2D eigenvalue weighted by Crippen LogP contribution is -2.38. The monoisotopic (exact) mass is 468 g/mol. The highest BCUT2D eigenvalue weighted by Crippen LogP contribution is 2.41. The summed E-state index contributed by atoms with van der Waals surface area (Å²) in [5.74, 6) is -1.21. The number of ether oxygens (including phenoxy) is 2. The Balaban J connectivity index is 1.53. The van der Waals surface area contributed by atoms with Crippen LogP contribution in [0.1, 0.15) is 36.3 Å². The van der Waals surface area contributed by atoms with Crippen molar-refractivity contribution in [3.8, 4) is 0 Å². The van der Waals surface area contributed by atoms with Crippen LogP contribution in [0.15, 0.2) is 96.0 Å². The summed E-state index contributed by atoms with van der Waals surface area (Å²) in [6.45, 7) is 2.42. The second-order valence-corrected chi connectivity index (χ2v) is 8.74. The number of aliphatic imine (C=N–C) groups is 1. The number of hydrogen-bond acceptors (Lipinski definition) is 5. The van der Waals surface area contributed by atoms with Crippen molar-refractivity contribution in [3.05, 3.63) is 108 Å². The molecule has 1 amide bonds. The topological polar surface area (TPSA) is 68.2 Å². The van der Waals surface area contributed by atoms with Gasteiger partial charge in [0.1, 0.15) is 0 Å². The first-order valence-electron chi connectivity index (χ1n) is 12.0. The van der Waals surface area contributed by atoms with Gasteiger partial charge in [-0.1, -0.05) is 91.0 Å². The Morgan fingerprint density at radius 2 is 1.54 bits per heavy atom. The lowest BCUT2D eigenvalue weighted by Gasteiger charge is -2.24. The molecule has 2 fully saturated rings. The molecule has 3 aromatic carbocycles. The quantitative estimate of drug-likeness (QED) is 0.381. The van der Waals surface area contributed by atoms with Crippen LogP contribution in [0.3, 0.4) is 0 Å². The molecular formula is C29H28N2O4. The van der Waals surface area contributed by atoms with Gasteiger partial charge < -0.3 is 14.4 Å². The Labute approximate surface area is 205 Å². The molecule has 178 valence electrons. The summed E-state index contributed by atoms with van der Waals surface area (Å²) in [4.78, 5) is 33.7. The number of fused-ring (bicyclic) bond motifs is 1. The molecule has 2 aliphatic rings. The van der Waals surface area contributed by atoms with Gasteiger partial charge in [-0.15, -0.1) is 0 Å². The number of esters is 1. The molecule has 0 N–H and O–H groups in total. The average Bonchev–Trinajstić information content (AvgIpc) is 3.46. The number of hydrogen-bond donors (Lipinski definition) is 0. The van der Waals surface area contributed by atoms with Crippen LogP contribution in [0.5, 0.6) is 0 Å². The van der Waals surface area contributed by atoms with Crippen LogP contribution in [0, 0.1) is 5.92 Å². The molecule has 5 rings (SSSR count). The van der Waals surface area contributed by atoms with Gasteiger partial charge in [0.2, 0.25) is 5.91 Å². The molecule has 0 spiro atoms. The smallest absolute Gasteiger partial charge is 0.331 e. The third-order valence-corrected chi connectivity index (χ3v) is 6.55. The van der Waals surface area contributed by atoms with E-state index in [9.17, 15) is 9.59 Å². The van der Waals surface area contributed by atoms with Gasteiger partial charge in [-0.05, 0) is 13.3 Å². The fraction of sp³-hybridized carbons (Fsp3) is 0.276. The summed E-state index contributed by atoms with van der Waals surface area (Å²) in [5.41, 5.74) is 3.35. The Morgan fingerprint density at radius 1 is 0.971 bits per heavy atom. The Bertz CT molecular complexity index is 1160. The zero-order valence-electron chi connectivity index (χ0n) is 19.6. The summed E-state index contributed by atoms with van der Waals surface area (Å²) in [6, 6.07) is 28.1. The van der Waals surface area contributed by atoms with Gasteiger partial charge in [-0.25, -0.2) is 4.79 Å². The number of rotatable bonds is 7. The lowest BCUT2D eigenvalue weighted by molar-refractivity contribution is -0.150. The molecule has 4 atom stereocenters. The Hall–Kier alpha value is -3.77. The highest BCUT2D eigenvalue weighted by molar-refractivity contribution is 6.13. The van der Waals surface area contributed by atoms with Crippen molar-refractivity contribution in [3.63, 3.8) is 0 Å². The zero-order chi connectivity index (χ0) is 24.2. The molecule has 35 heavy (non-hydrogen) atoms. The SMILES string of the molecule is CCOC(=O)C(N=C(c1ccccc1)c1ccccc1)[C@H]1C[C@H]2CO[C@H](c3ccccc3)N2C1=O. The van der Waals surface area contributed by atoms with Crippen LogP contribution < -0.4 is 0 Å². The number of amides is 1. The lowest BCUT2D eigenvalue weighted by atomic mass is 9.94. The van der Waals surface area contributed by atoms with E-state index in [4.69, 9.17) is 14.5 Å². The Morgan fingerprint density at radius 3 is 2.11 bits per heavy atom. The molecule has 3 aromatic rings. The van der Waals surface area contributed by atoms with Gasteiger partial charge in [0.15, 0.2) is 12.3 Å². The summed E-state index contributed by atoms with van der Waals surface area (Å²) < 4.78 is 11.4. The van der Waals surface area contributed by atoms with Crippen molar-refractivity contribution >= 4 is 17.6 Å². The van der Waals surface area contributed by atoms with E-state index in [0.29, 0.717) is 18.7 Å². The molecule has 0 bridgehead atoms. The third-order valence-electron chi connectivity index (χ3n) is 6.55. The van der Waals surface area contributed by atoms with Gasteiger partial charge in [-0.2, -0.15) is 0 Å². The molecule has 2 heterocycles.